The maximum atomic E-state index is 14.8. The number of aliphatic hydroxyl groups is 1. The number of nitrogens with zero attached hydrogens (tertiary/aromatic N) is 2. The predicted octanol–water partition coefficient (Wildman–Crippen LogP) is 5.18. The van der Waals surface area contributed by atoms with Gasteiger partial charge >= 0.3 is 5.97 Å². The molecular weight excluding hydrogens is 628 g/mol. The Hall–Kier alpha value is -2.59. The van der Waals surface area contributed by atoms with Crippen molar-refractivity contribution in [1.29, 1.82) is 0 Å². The second-order valence-electron chi connectivity index (χ2n) is 10.5. The summed E-state index contributed by atoms with van der Waals surface area (Å²) in [4.78, 5) is 45.8. The Bertz CT molecular complexity index is 1340. The van der Waals surface area contributed by atoms with Crippen molar-refractivity contribution in [3.8, 4) is 0 Å². The Morgan fingerprint density at radius 1 is 1.20 bits per heavy atom. The number of ether oxygens (including phenoxy) is 1. The largest absolute Gasteiger partial charge is 0.465 e. The summed E-state index contributed by atoms with van der Waals surface area (Å²) in [7, 11) is 0. The molecule has 1 spiro atoms. The number of alkyl halides is 1. The van der Waals surface area contributed by atoms with Crippen LogP contribution >= 0.6 is 39.3 Å². The Balaban J connectivity index is 1.64. The molecular formula is C31H32BrClN2O5S. The minimum Gasteiger partial charge on any atom is -0.465 e. The highest BCUT2D eigenvalue weighted by Gasteiger charge is 2.76. The molecule has 7 atom stereocenters. The summed E-state index contributed by atoms with van der Waals surface area (Å²) in [6, 6.07) is 14.4. The second-order valence-corrected chi connectivity index (χ2v) is 13.6. The molecule has 3 saturated heterocycles. The molecule has 3 unspecified atom stereocenters. The number of anilines is 1. The third-order valence-corrected chi connectivity index (χ3v) is 11.8. The standard InChI is InChI=1S/C31H32BrClN2O5S/c1-3-5-16-40-30(39)24-25-28(37)35(23(18-36)19-11-7-6-8-12-19)27(31(25)17-20(32)26(24)41-31)29(38)34(15-4-2)22-14-10-9-13-21(22)33/h3-4,6-14,20,23-27,36H,1-2,5,15-18H2/t20?,23-,24+,25+,26+,27?,31?/m1/s1. The molecule has 3 aliphatic rings. The van der Waals surface area contributed by atoms with E-state index in [1.807, 2.05) is 30.3 Å². The van der Waals surface area contributed by atoms with Crippen molar-refractivity contribution in [2.45, 2.75) is 39.7 Å². The molecule has 10 heteroatoms. The van der Waals surface area contributed by atoms with Gasteiger partial charge in [-0.05, 0) is 30.5 Å². The smallest absolute Gasteiger partial charge is 0.310 e. The third-order valence-electron chi connectivity index (χ3n) is 8.21. The van der Waals surface area contributed by atoms with Crippen molar-refractivity contribution in [3.63, 3.8) is 0 Å². The van der Waals surface area contributed by atoms with Crippen LogP contribution in [0.1, 0.15) is 24.4 Å². The highest BCUT2D eigenvalue weighted by molar-refractivity contribution is 9.09. The van der Waals surface area contributed by atoms with E-state index in [2.05, 4.69) is 29.1 Å². The summed E-state index contributed by atoms with van der Waals surface area (Å²) in [5, 5.41) is 10.8. The van der Waals surface area contributed by atoms with Crippen molar-refractivity contribution >= 4 is 62.8 Å². The lowest BCUT2D eigenvalue weighted by molar-refractivity contribution is -0.154. The maximum absolute atomic E-state index is 14.8. The van der Waals surface area contributed by atoms with Crippen molar-refractivity contribution in [2.75, 3.05) is 24.7 Å². The van der Waals surface area contributed by atoms with Crippen LogP contribution in [0.3, 0.4) is 0 Å². The molecule has 2 bridgehead atoms. The molecule has 2 aromatic rings. The molecule has 0 saturated carbocycles. The van der Waals surface area contributed by atoms with Crippen LogP contribution in [0.15, 0.2) is 79.9 Å². The van der Waals surface area contributed by atoms with E-state index in [0.29, 0.717) is 29.1 Å². The number of aliphatic hydroxyl groups excluding tert-OH is 1. The maximum Gasteiger partial charge on any atom is 0.310 e. The van der Waals surface area contributed by atoms with Crippen LogP contribution in [0.2, 0.25) is 5.02 Å². The lowest BCUT2D eigenvalue weighted by Crippen LogP contribution is -2.56. The molecule has 1 N–H and O–H groups in total. The number of benzene rings is 2. The Morgan fingerprint density at radius 3 is 2.56 bits per heavy atom. The summed E-state index contributed by atoms with van der Waals surface area (Å²) in [5.74, 6) is -2.64. The lowest BCUT2D eigenvalue weighted by Gasteiger charge is -2.40. The summed E-state index contributed by atoms with van der Waals surface area (Å²) >= 11 is 11.9. The summed E-state index contributed by atoms with van der Waals surface area (Å²) in [5.41, 5.74) is 1.20. The van der Waals surface area contributed by atoms with E-state index in [-0.39, 0.29) is 35.0 Å². The van der Waals surface area contributed by atoms with Gasteiger partial charge in [0.1, 0.15) is 6.04 Å². The molecule has 216 valence electrons. The first-order chi connectivity index (χ1) is 19.8. The molecule has 5 rings (SSSR count). The van der Waals surface area contributed by atoms with Crippen LogP contribution in [0.25, 0.3) is 0 Å². The van der Waals surface area contributed by atoms with Gasteiger partial charge in [-0.25, -0.2) is 0 Å². The molecule has 2 amide bonds. The lowest BCUT2D eigenvalue weighted by atomic mass is 9.71. The summed E-state index contributed by atoms with van der Waals surface area (Å²) < 4.78 is 4.68. The molecule has 3 heterocycles. The van der Waals surface area contributed by atoms with Gasteiger partial charge < -0.3 is 19.6 Å². The molecule has 0 aromatic heterocycles. The minimum atomic E-state index is -0.977. The number of thioether (sulfide) groups is 1. The van der Waals surface area contributed by atoms with Gasteiger partial charge in [-0.1, -0.05) is 82.1 Å². The predicted molar refractivity (Wildman–Crippen MR) is 165 cm³/mol. The van der Waals surface area contributed by atoms with Gasteiger partial charge in [-0.15, -0.1) is 24.9 Å². The number of carbonyl (C=O) groups excluding carboxylic acids is 3. The van der Waals surface area contributed by atoms with Gasteiger partial charge in [-0.2, -0.15) is 0 Å². The van der Waals surface area contributed by atoms with Gasteiger partial charge in [0.25, 0.3) is 5.91 Å². The Labute approximate surface area is 257 Å². The van der Waals surface area contributed by atoms with Crippen LogP contribution in [-0.2, 0) is 19.1 Å². The van der Waals surface area contributed by atoms with Crippen LogP contribution in [0, 0.1) is 11.8 Å². The number of para-hydroxylation sites is 1. The first-order valence-electron chi connectivity index (χ1n) is 13.5. The average Bonchev–Trinajstić information content (AvgIpc) is 3.56. The van der Waals surface area contributed by atoms with E-state index < -0.39 is 41.2 Å². The zero-order valence-electron chi connectivity index (χ0n) is 22.4. The number of rotatable bonds is 11. The highest BCUT2D eigenvalue weighted by Crippen LogP contribution is 2.68. The van der Waals surface area contributed by atoms with Crippen LogP contribution in [-0.4, -0.2) is 68.4 Å². The SMILES string of the molecule is C=CCCOC(=O)[C@H]1[C@H]2C(=O)N([C@H](CO)c3ccccc3)C(C(=O)N(CC=C)c3ccccc3Cl)C23CC(Br)[C@@H]1S3. The number of likely N-dealkylation sites (tertiary alicyclic amines) is 1. The summed E-state index contributed by atoms with van der Waals surface area (Å²) in [6.45, 7) is 7.48. The zero-order chi connectivity index (χ0) is 29.3. The number of esters is 1. The van der Waals surface area contributed by atoms with Gasteiger partial charge in [0.2, 0.25) is 5.91 Å². The van der Waals surface area contributed by atoms with Crippen molar-refractivity contribution in [2.24, 2.45) is 11.8 Å². The minimum absolute atomic E-state index is 0.110. The first kappa shape index (κ1) is 29.9. The van der Waals surface area contributed by atoms with Crippen molar-refractivity contribution < 1.29 is 24.2 Å². The molecule has 2 aromatic carbocycles. The summed E-state index contributed by atoms with van der Waals surface area (Å²) in [6.07, 6.45) is 4.29. The van der Waals surface area contributed by atoms with Gasteiger partial charge in [-0.3, -0.25) is 14.4 Å². The van der Waals surface area contributed by atoms with E-state index in [1.54, 1.807) is 41.3 Å². The van der Waals surface area contributed by atoms with Gasteiger partial charge in [0.15, 0.2) is 0 Å². The van der Waals surface area contributed by atoms with E-state index in [0.717, 1.165) is 0 Å². The van der Waals surface area contributed by atoms with Gasteiger partial charge in [0.05, 0.1) is 46.5 Å². The van der Waals surface area contributed by atoms with E-state index in [4.69, 9.17) is 16.3 Å². The number of fused-ring (bicyclic) bond motifs is 1. The molecule has 0 aliphatic carbocycles. The molecule has 0 radical (unpaired) electrons. The Morgan fingerprint density at radius 2 is 1.90 bits per heavy atom. The van der Waals surface area contributed by atoms with Crippen LogP contribution in [0.4, 0.5) is 5.69 Å². The Kier molecular flexibility index (Phi) is 8.99. The highest BCUT2D eigenvalue weighted by atomic mass is 79.9. The molecule has 7 nitrogen and oxygen atoms in total. The van der Waals surface area contributed by atoms with Gasteiger partial charge in [0, 0.05) is 16.6 Å². The van der Waals surface area contributed by atoms with Crippen LogP contribution in [0.5, 0.6) is 0 Å². The molecule has 3 fully saturated rings. The molecule has 41 heavy (non-hydrogen) atoms. The van der Waals surface area contributed by atoms with E-state index in [1.165, 1.54) is 16.7 Å². The quantitative estimate of drug-likeness (QED) is 0.155. The number of halogens is 2. The topological polar surface area (TPSA) is 87.1 Å². The number of carbonyl (C=O) groups is 3. The fraction of sp³-hybridized carbons (Fsp3) is 0.387. The monoisotopic (exact) mass is 658 g/mol. The zero-order valence-corrected chi connectivity index (χ0v) is 25.6. The van der Waals surface area contributed by atoms with Crippen molar-refractivity contribution in [3.05, 3.63) is 90.5 Å². The number of amides is 2. The second kappa shape index (κ2) is 12.3. The normalized spacial score (nSPS) is 28.7. The number of hydrogen-bond donors (Lipinski definition) is 1. The fourth-order valence-electron chi connectivity index (χ4n) is 6.57. The van der Waals surface area contributed by atoms with E-state index in [9.17, 15) is 19.5 Å². The molecule has 3 aliphatic heterocycles. The van der Waals surface area contributed by atoms with Crippen molar-refractivity contribution in [1.82, 2.24) is 4.90 Å². The average molecular weight is 660 g/mol. The fourth-order valence-corrected chi connectivity index (χ4v) is 10.4. The van der Waals surface area contributed by atoms with E-state index >= 15 is 0 Å². The third kappa shape index (κ3) is 5.05. The number of hydrogen-bond acceptors (Lipinski definition) is 6. The van der Waals surface area contributed by atoms with Crippen LogP contribution < -0.4 is 4.90 Å². The first-order valence-corrected chi connectivity index (χ1v) is 15.7.